The molecule has 0 aromatic heterocycles. The molecule has 0 radical (unpaired) electrons. The van der Waals surface area contributed by atoms with Crippen LogP contribution in [0.2, 0.25) is 0 Å². The second-order valence-electron chi connectivity index (χ2n) is 5.50. The number of imide groups is 1. The van der Waals surface area contributed by atoms with Crippen LogP contribution in [0.5, 0.6) is 0 Å². The predicted octanol–water partition coefficient (Wildman–Crippen LogP) is 0.338. The van der Waals surface area contributed by atoms with Crippen LogP contribution in [0.15, 0.2) is 18.2 Å². The quantitative estimate of drug-likeness (QED) is 0.525. The number of benzene rings is 1. The Morgan fingerprint density at radius 2 is 1.35 bits per heavy atom. The summed E-state index contributed by atoms with van der Waals surface area (Å²) in [6, 6.07) is 4.28. The summed E-state index contributed by atoms with van der Waals surface area (Å²) in [4.78, 5) is 63.3. The fourth-order valence-corrected chi connectivity index (χ4v) is 2.36. The Morgan fingerprint density at radius 1 is 0.885 bits per heavy atom. The van der Waals surface area contributed by atoms with Crippen molar-refractivity contribution in [1.82, 2.24) is 5.06 Å². The van der Waals surface area contributed by atoms with Crippen LogP contribution in [0.1, 0.15) is 34.3 Å². The molecule has 0 spiro atoms. The molecular weight excluding hydrogens is 346 g/mol. The Labute approximate surface area is 148 Å². The van der Waals surface area contributed by atoms with Gasteiger partial charge in [-0.3, -0.25) is 19.2 Å². The third-order valence-corrected chi connectivity index (χ3v) is 3.62. The lowest BCUT2D eigenvalue weighted by atomic mass is 10.0. The van der Waals surface area contributed by atoms with E-state index in [1.807, 2.05) is 0 Å². The van der Waals surface area contributed by atoms with Crippen LogP contribution in [-0.2, 0) is 46.3 Å². The number of ether oxygens (including phenoxy) is 2. The van der Waals surface area contributed by atoms with Gasteiger partial charge in [-0.15, -0.1) is 5.06 Å². The summed E-state index contributed by atoms with van der Waals surface area (Å²) in [5.41, 5.74) is 0.798. The standard InChI is InChI=1S/C17H17NO8/c1-24-15(21)8-10-5-11(9-16(22)25-2)7-12(6-10)17(23)26-18-13(19)3-4-14(18)20/h5-7H,3-4,8-9H2,1-2H3. The third kappa shape index (κ3) is 4.65. The maximum Gasteiger partial charge on any atom is 0.363 e. The number of nitrogens with zero attached hydrogens (tertiary/aromatic N) is 1. The number of methoxy groups -OCH3 is 2. The highest BCUT2D eigenvalue weighted by Crippen LogP contribution is 2.17. The zero-order valence-corrected chi connectivity index (χ0v) is 14.3. The topological polar surface area (TPSA) is 116 Å². The molecular formula is C17H17NO8. The number of amides is 2. The average molecular weight is 363 g/mol. The largest absolute Gasteiger partial charge is 0.469 e. The minimum Gasteiger partial charge on any atom is -0.469 e. The molecule has 9 heteroatoms. The van der Waals surface area contributed by atoms with Gasteiger partial charge in [0.1, 0.15) is 0 Å². The second-order valence-corrected chi connectivity index (χ2v) is 5.50. The smallest absolute Gasteiger partial charge is 0.363 e. The Morgan fingerprint density at radius 3 is 1.77 bits per heavy atom. The lowest BCUT2D eigenvalue weighted by Gasteiger charge is -2.14. The van der Waals surface area contributed by atoms with Crippen molar-refractivity contribution in [3.63, 3.8) is 0 Å². The lowest BCUT2D eigenvalue weighted by molar-refractivity contribution is -0.172. The van der Waals surface area contributed by atoms with Crippen LogP contribution in [-0.4, -0.2) is 49.0 Å². The molecule has 1 aliphatic heterocycles. The minimum atomic E-state index is -0.952. The van der Waals surface area contributed by atoms with Crippen molar-refractivity contribution >= 4 is 29.7 Å². The molecule has 9 nitrogen and oxygen atoms in total. The maximum atomic E-state index is 12.3. The highest BCUT2D eigenvalue weighted by Gasteiger charge is 2.33. The summed E-state index contributed by atoms with van der Waals surface area (Å²) < 4.78 is 9.18. The Kier molecular flexibility index (Phi) is 6.05. The first kappa shape index (κ1) is 19.1. The fourth-order valence-electron chi connectivity index (χ4n) is 2.36. The van der Waals surface area contributed by atoms with E-state index in [1.165, 1.54) is 26.4 Å². The van der Waals surface area contributed by atoms with Crippen LogP contribution >= 0.6 is 0 Å². The van der Waals surface area contributed by atoms with E-state index >= 15 is 0 Å². The van der Waals surface area contributed by atoms with Crippen molar-refractivity contribution in [2.24, 2.45) is 0 Å². The van der Waals surface area contributed by atoms with Crippen LogP contribution in [0.25, 0.3) is 0 Å². The Balaban J connectivity index is 2.27. The number of hydrogen-bond donors (Lipinski definition) is 0. The molecule has 138 valence electrons. The van der Waals surface area contributed by atoms with Crippen LogP contribution in [0.3, 0.4) is 0 Å². The first-order valence-corrected chi connectivity index (χ1v) is 7.68. The summed E-state index contributed by atoms with van der Waals surface area (Å²) in [7, 11) is 2.45. The van der Waals surface area contributed by atoms with Gasteiger partial charge < -0.3 is 14.3 Å². The normalized spacial score (nSPS) is 13.5. The highest BCUT2D eigenvalue weighted by molar-refractivity contribution is 6.02. The molecule has 0 saturated carbocycles. The average Bonchev–Trinajstić information content (AvgIpc) is 2.93. The molecule has 1 aliphatic rings. The predicted molar refractivity (Wildman–Crippen MR) is 84.4 cm³/mol. The van der Waals surface area contributed by atoms with Crippen molar-refractivity contribution < 1.29 is 38.3 Å². The monoisotopic (exact) mass is 363 g/mol. The molecule has 1 saturated heterocycles. The van der Waals surface area contributed by atoms with E-state index in [-0.39, 0.29) is 31.2 Å². The molecule has 0 atom stereocenters. The molecule has 1 aromatic carbocycles. The molecule has 0 aliphatic carbocycles. The number of carbonyl (C=O) groups excluding carboxylic acids is 5. The SMILES string of the molecule is COC(=O)Cc1cc(CC(=O)OC)cc(C(=O)ON2C(=O)CCC2=O)c1. The first-order valence-electron chi connectivity index (χ1n) is 7.68. The summed E-state index contributed by atoms with van der Waals surface area (Å²) in [5.74, 6) is -3.24. The molecule has 2 amide bonds. The molecule has 2 rings (SSSR count). The van der Waals surface area contributed by atoms with Gasteiger partial charge in [0.25, 0.3) is 11.8 Å². The number of rotatable bonds is 6. The van der Waals surface area contributed by atoms with Gasteiger partial charge in [-0.1, -0.05) is 6.07 Å². The Bertz CT molecular complexity index is 718. The van der Waals surface area contributed by atoms with E-state index < -0.39 is 29.7 Å². The van der Waals surface area contributed by atoms with Gasteiger partial charge in [0, 0.05) is 12.8 Å². The number of hydrogen-bond acceptors (Lipinski definition) is 8. The zero-order chi connectivity index (χ0) is 19.3. The third-order valence-electron chi connectivity index (χ3n) is 3.62. The van der Waals surface area contributed by atoms with E-state index in [0.29, 0.717) is 16.2 Å². The van der Waals surface area contributed by atoms with Crippen molar-refractivity contribution in [2.75, 3.05) is 14.2 Å². The van der Waals surface area contributed by atoms with E-state index in [2.05, 4.69) is 9.47 Å². The summed E-state index contributed by atoms with van der Waals surface area (Å²) >= 11 is 0. The van der Waals surface area contributed by atoms with Crippen LogP contribution < -0.4 is 0 Å². The molecule has 0 N–H and O–H groups in total. The van der Waals surface area contributed by atoms with Crippen molar-refractivity contribution in [1.29, 1.82) is 0 Å². The minimum absolute atomic E-state index is 0.0159. The van der Waals surface area contributed by atoms with Gasteiger partial charge in [-0.2, -0.15) is 0 Å². The van der Waals surface area contributed by atoms with Gasteiger partial charge in [-0.25, -0.2) is 4.79 Å². The van der Waals surface area contributed by atoms with E-state index in [9.17, 15) is 24.0 Å². The molecule has 0 unspecified atom stereocenters. The fraction of sp³-hybridized carbons (Fsp3) is 0.353. The number of carbonyl (C=O) groups is 5. The molecule has 26 heavy (non-hydrogen) atoms. The molecule has 1 heterocycles. The molecule has 0 bridgehead atoms. The van der Waals surface area contributed by atoms with E-state index in [1.54, 1.807) is 6.07 Å². The lowest BCUT2D eigenvalue weighted by Crippen LogP contribution is -2.32. The van der Waals surface area contributed by atoms with E-state index in [4.69, 9.17) is 4.84 Å². The first-order chi connectivity index (χ1) is 12.3. The van der Waals surface area contributed by atoms with Gasteiger partial charge in [0.15, 0.2) is 0 Å². The van der Waals surface area contributed by atoms with Gasteiger partial charge >= 0.3 is 17.9 Å². The van der Waals surface area contributed by atoms with Gasteiger partial charge in [0.2, 0.25) is 0 Å². The van der Waals surface area contributed by atoms with Crippen LogP contribution in [0, 0.1) is 0 Å². The highest BCUT2D eigenvalue weighted by atomic mass is 16.7. The number of hydroxylamine groups is 2. The number of esters is 2. The second kappa shape index (κ2) is 8.24. The maximum absolute atomic E-state index is 12.3. The van der Waals surface area contributed by atoms with Gasteiger partial charge in [0.05, 0.1) is 32.6 Å². The zero-order valence-electron chi connectivity index (χ0n) is 14.3. The van der Waals surface area contributed by atoms with Crippen LogP contribution in [0.4, 0.5) is 0 Å². The van der Waals surface area contributed by atoms with Crippen molar-refractivity contribution in [3.05, 3.63) is 34.9 Å². The summed E-state index contributed by atoms with van der Waals surface area (Å²) in [5, 5.41) is 0.426. The van der Waals surface area contributed by atoms with Crippen molar-refractivity contribution in [3.8, 4) is 0 Å². The van der Waals surface area contributed by atoms with E-state index in [0.717, 1.165) is 0 Å². The van der Waals surface area contributed by atoms with Crippen molar-refractivity contribution in [2.45, 2.75) is 25.7 Å². The molecule has 1 fully saturated rings. The summed E-state index contributed by atoms with van der Waals surface area (Å²) in [6.07, 6.45) is -0.315. The molecule has 1 aromatic rings. The Hall–Kier alpha value is -3.23. The summed E-state index contributed by atoms with van der Waals surface area (Å²) in [6.45, 7) is 0. The van der Waals surface area contributed by atoms with Gasteiger partial charge in [-0.05, 0) is 23.3 Å².